The molecule has 0 aliphatic carbocycles. The molecule has 3 atom stereocenters. The molecule has 0 aliphatic heterocycles. The van der Waals surface area contributed by atoms with Crippen LogP contribution in [0.3, 0.4) is 0 Å². The van der Waals surface area contributed by atoms with Gasteiger partial charge in [0.2, 0.25) is 0 Å². The molecule has 0 aromatic rings. The van der Waals surface area contributed by atoms with Crippen LogP contribution >= 0.6 is 0 Å². The van der Waals surface area contributed by atoms with E-state index in [1.165, 1.54) is 0 Å². The maximum absolute atomic E-state index is 11.1. The molecule has 0 saturated heterocycles. The summed E-state index contributed by atoms with van der Waals surface area (Å²) in [6.07, 6.45) is -1.84. The van der Waals surface area contributed by atoms with Gasteiger partial charge >= 0.3 is 17.9 Å². The van der Waals surface area contributed by atoms with Gasteiger partial charge in [0.15, 0.2) is 5.96 Å². The smallest absolute Gasteiger partial charge is 0.321 e. The SMILES string of the molecule is NC(N)=NCC(O)CC(NCCN[C@H](CC(=O)O)C(=O)O)C(=O)O. The molecule has 0 aliphatic rings. The Bertz CT molecular complexity index is 467. The minimum absolute atomic E-state index is 0.0258. The molecule has 24 heavy (non-hydrogen) atoms. The highest BCUT2D eigenvalue weighted by molar-refractivity contribution is 5.80. The highest BCUT2D eigenvalue weighted by atomic mass is 16.4. The molecule has 0 aromatic heterocycles. The molecule has 12 nitrogen and oxygen atoms in total. The number of aliphatic imine (C=N–C) groups is 1. The fraction of sp³-hybridized carbons (Fsp3) is 0.667. The number of hydrogen-bond acceptors (Lipinski definition) is 7. The molecule has 0 radical (unpaired) electrons. The van der Waals surface area contributed by atoms with Gasteiger partial charge in [-0.3, -0.25) is 19.4 Å². The van der Waals surface area contributed by atoms with E-state index in [0.29, 0.717) is 0 Å². The number of rotatable bonds is 13. The maximum Gasteiger partial charge on any atom is 0.321 e. The lowest BCUT2D eigenvalue weighted by Gasteiger charge is -2.18. The number of carbonyl (C=O) groups is 3. The molecule has 12 heteroatoms. The van der Waals surface area contributed by atoms with Crippen LogP contribution in [0.25, 0.3) is 0 Å². The predicted octanol–water partition coefficient (Wildman–Crippen LogP) is -3.43. The summed E-state index contributed by atoms with van der Waals surface area (Å²) in [6, 6.07) is -2.38. The van der Waals surface area contributed by atoms with E-state index in [9.17, 15) is 19.5 Å². The van der Waals surface area contributed by atoms with Crippen molar-refractivity contribution >= 4 is 23.9 Å². The average molecular weight is 349 g/mol. The minimum atomic E-state index is -1.32. The number of guanidine groups is 1. The Kier molecular flexibility index (Phi) is 10.0. The van der Waals surface area contributed by atoms with Gasteiger partial charge in [-0.2, -0.15) is 0 Å². The number of nitrogens with zero attached hydrogens (tertiary/aromatic N) is 1. The monoisotopic (exact) mass is 349 g/mol. The highest BCUT2D eigenvalue weighted by Crippen LogP contribution is 2.00. The van der Waals surface area contributed by atoms with Gasteiger partial charge in [-0.05, 0) is 0 Å². The van der Waals surface area contributed by atoms with Crippen molar-refractivity contribution in [3.8, 4) is 0 Å². The second-order valence-corrected chi connectivity index (χ2v) is 4.94. The van der Waals surface area contributed by atoms with Crippen molar-refractivity contribution in [1.29, 1.82) is 0 Å². The van der Waals surface area contributed by atoms with Crippen molar-refractivity contribution in [3.05, 3.63) is 0 Å². The molecule has 0 fully saturated rings. The fourth-order valence-corrected chi connectivity index (χ4v) is 1.74. The van der Waals surface area contributed by atoms with Crippen LogP contribution in [-0.4, -0.2) is 82.1 Å². The summed E-state index contributed by atoms with van der Waals surface area (Å²) < 4.78 is 0. The van der Waals surface area contributed by atoms with Crippen LogP contribution in [0.4, 0.5) is 0 Å². The third kappa shape index (κ3) is 10.3. The van der Waals surface area contributed by atoms with Crippen LogP contribution < -0.4 is 22.1 Å². The summed E-state index contributed by atoms with van der Waals surface area (Å²) in [7, 11) is 0. The number of carboxylic acid groups (broad SMARTS) is 3. The third-order valence-corrected chi connectivity index (χ3v) is 2.87. The van der Waals surface area contributed by atoms with Gasteiger partial charge in [-0.15, -0.1) is 0 Å². The van der Waals surface area contributed by atoms with E-state index >= 15 is 0 Å². The van der Waals surface area contributed by atoms with Crippen LogP contribution in [0.1, 0.15) is 12.8 Å². The van der Waals surface area contributed by atoms with Crippen molar-refractivity contribution in [1.82, 2.24) is 10.6 Å². The molecular formula is C12H23N5O7. The van der Waals surface area contributed by atoms with E-state index in [-0.39, 0.29) is 32.0 Å². The van der Waals surface area contributed by atoms with Gasteiger partial charge in [0.25, 0.3) is 0 Å². The Labute approximate surface area is 137 Å². The third-order valence-electron chi connectivity index (χ3n) is 2.87. The first-order valence-electron chi connectivity index (χ1n) is 7.01. The normalized spacial score (nSPS) is 14.4. The Morgan fingerprint density at radius 3 is 1.88 bits per heavy atom. The quantitative estimate of drug-likeness (QED) is 0.0928. The number of nitrogens with one attached hydrogen (secondary N) is 2. The molecule has 0 bridgehead atoms. The number of aliphatic hydroxyl groups is 1. The van der Waals surface area contributed by atoms with Gasteiger partial charge in [-0.1, -0.05) is 0 Å². The number of aliphatic hydroxyl groups excluding tert-OH is 1. The van der Waals surface area contributed by atoms with E-state index < -0.39 is 42.5 Å². The summed E-state index contributed by atoms with van der Waals surface area (Å²) in [4.78, 5) is 36.0. The molecule has 0 heterocycles. The first kappa shape index (κ1) is 21.6. The van der Waals surface area contributed by atoms with Crippen LogP contribution in [0.15, 0.2) is 4.99 Å². The van der Waals surface area contributed by atoms with E-state index in [1.54, 1.807) is 0 Å². The molecule has 10 N–H and O–H groups in total. The van der Waals surface area contributed by atoms with Crippen LogP contribution in [-0.2, 0) is 14.4 Å². The molecule has 0 rings (SSSR count). The summed E-state index contributed by atoms with van der Waals surface area (Å²) in [5, 5.41) is 41.2. The number of carboxylic acids is 3. The molecule has 2 unspecified atom stereocenters. The van der Waals surface area contributed by atoms with Gasteiger partial charge in [0, 0.05) is 19.5 Å². The first-order chi connectivity index (χ1) is 11.1. The van der Waals surface area contributed by atoms with Crippen molar-refractivity contribution in [2.24, 2.45) is 16.5 Å². The second-order valence-electron chi connectivity index (χ2n) is 4.94. The van der Waals surface area contributed by atoms with Gasteiger partial charge in [0.1, 0.15) is 12.1 Å². The lowest BCUT2D eigenvalue weighted by atomic mass is 10.1. The minimum Gasteiger partial charge on any atom is -0.481 e. The van der Waals surface area contributed by atoms with Crippen molar-refractivity contribution in [2.45, 2.75) is 31.0 Å². The summed E-state index contributed by atoms with van der Waals surface area (Å²) in [5.74, 6) is -4.02. The maximum atomic E-state index is 11.1. The summed E-state index contributed by atoms with van der Waals surface area (Å²) >= 11 is 0. The molecule has 0 aromatic carbocycles. The van der Waals surface area contributed by atoms with Gasteiger partial charge < -0.3 is 42.5 Å². The number of aliphatic carboxylic acids is 3. The topological polar surface area (TPSA) is 221 Å². The zero-order valence-electron chi connectivity index (χ0n) is 12.9. The molecule has 0 spiro atoms. The zero-order chi connectivity index (χ0) is 18.7. The highest BCUT2D eigenvalue weighted by Gasteiger charge is 2.22. The van der Waals surface area contributed by atoms with Gasteiger partial charge in [0.05, 0.1) is 19.1 Å². The average Bonchev–Trinajstić information content (AvgIpc) is 2.45. The van der Waals surface area contributed by atoms with Crippen molar-refractivity contribution in [2.75, 3.05) is 19.6 Å². The van der Waals surface area contributed by atoms with Crippen molar-refractivity contribution in [3.63, 3.8) is 0 Å². The first-order valence-corrected chi connectivity index (χ1v) is 7.01. The molecule has 0 amide bonds. The largest absolute Gasteiger partial charge is 0.481 e. The number of hydrogen-bond donors (Lipinski definition) is 8. The van der Waals surface area contributed by atoms with Crippen molar-refractivity contribution < 1.29 is 34.8 Å². The Hall–Kier alpha value is -2.44. The molecule has 138 valence electrons. The Balaban J connectivity index is 4.30. The van der Waals surface area contributed by atoms with Crippen LogP contribution in [0.2, 0.25) is 0 Å². The Morgan fingerprint density at radius 1 is 0.958 bits per heavy atom. The number of nitrogens with two attached hydrogens (primary N) is 2. The van der Waals surface area contributed by atoms with Gasteiger partial charge in [-0.25, -0.2) is 0 Å². The standard InChI is InChI=1S/C12H23N5O7/c13-12(14)17-5-6(18)3-7(10(21)22)15-1-2-16-8(11(23)24)4-9(19)20/h6-8,15-16,18H,1-5H2,(H,19,20)(H,21,22)(H,23,24)(H4,13,14,17)/t6?,7?,8-/m1/s1. The lowest BCUT2D eigenvalue weighted by Crippen LogP contribution is -2.46. The zero-order valence-corrected chi connectivity index (χ0v) is 12.9. The molecule has 0 saturated carbocycles. The van der Waals surface area contributed by atoms with Crippen LogP contribution in [0.5, 0.6) is 0 Å². The predicted molar refractivity (Wildman–Crippen MR) is 82.4 cm³/mol. The van der Waals surface area contributed by atoms with Crippen LogP contribution in [0, 0.1) is 0 Å². The van der Waals surface area contributed by atoms with E-state index in [1.807, 2.05) is 0 Å². The summed E-state index contributed by atoms with van der Waals surface area (Å²) in [5.41, 5.74) is 10.2. The Morgan fingerprint density at radius 2 is 1.46 bits per heavy atom. The van der Waals surface area contributed by atoms with E-state index in [0.717, 1.165) is 0 Å². The van der Waals surface area contributed by atoms with E-state index in [2.05, 4.69) is 15.6 Å². The molecular weight excluding hydrogens is 326 g/mol. The fourth-order valence-electron chi connectivity index (χ4n) is 1.74. The lowest BCUT2D eigenvalue weighted by molar-refractivity contribution is -0.145. The summed E-state index contributed by atoms with van der Waals surface area (Å²) in [6.45, 7) is -0.0703. The second kappa shape index (κ2) is 11.2. The van der Waals surface area contributed by atoms with E-state index in [4.69, 9.17) is 26.8 Å².